The maximum Gasteiger partial charge on any atom is 0.0949 e. The van der Waals surface area contributed by atoms with E-state index in [2.05, 4.69) is 77.9 Å². The van der Waals surface area contributed by atoms with Gasteiger partial charge in [0.2, 0.25) is 0 Å². The van der Waals surface area contributed by atoms with Crippen LogP contribution in [-0.4, -0.2) is 11.5 Å². The number of rotatable bonds is 5. The Labute approximate surface area is 132 Å². The van der Waals surface area contributed by atoms with Crippen LogP contribution in [-0.2, 0) is 6.42 Å². The van der Waals surface area contributed by atoms with E-state index in [1.165, 1.54) is 19.0 Å². The number of likely N-dealkylation sites (N-methyl/N-ethyl adjacent to an activating group) is 1. The third-order valence-corrected chi connectivity index (χ3v) is 4.92. The molecule has 1 heterocycles. The van der Waals surface area contributed by atoms with Gasteiger partial charge in [-0.3, -0.25) is 0 Å². The van der Waals surface area contributed by atoms with Gasteiger partial charge >= 0.3 is 0 Å². The number of thiazole rings is 1. The minimum atomic E-state index is 0.352. The van der Waals surface area contributed by atoms with Crippen LogP contribution in [0.25, 0.3) is 0 Å². The topological polar surface area (TPSA) is 24.9 Å². The Hall–Kier alpha value is -0.460. The van der Waals surface area contributed by atoms with E-state index in [-0.39, 0.29) is 0 Å². The Morgan fingerprint density at radius 3 is 2.74 bits per heavy atom. The Morgan fingerprint density at radius 1 is 1.37 bits per heavy atom. The monoisotopic (exact) mass is 386 g/mol. The van der Waals surface area contributed by atoms with Crippen molar-refractivity contribution in [3.05, 3.63) is 49.0 Å². The quantitative estimate of drug-likeness (QED) is 0.777. The second kappa shape index (κ2) is 6.81. The third-order valence-electron chi connectivity index (χ3n) is 3.15. The zero-order valence-corrected chi connectivity index (χ0v) is 14.5. The SMILES string of the molecule is CCNC(Cc1nc(C)c(C)s1)c1cccc(I)c1. The minimum Gasteiger partial charge on any atom is -0.310 e. The summed E-state index contributed by atoms with van der Waals surface area (Å²) in [5.41, 5.74) is 2.51. The van der Waals surface area contributed by atoms with Crippen molar-refractivity contribution in [2.75, 3.05) is 6.54 Å². The molecule has 0 spiro atoms. The molecule has 1 unspecified atom stereocenters. The second-order valence-corrected chi connectivity index (χ2v) is 7.15. The normalized spacial score (nSPS) is 12.6. The molecule has 0 amide bonds. The summed E-state index contributed by atoms with van der Waals surface area (Å²) in [5, 5.41) is 4.79. The van der Waals surface area contributed by atoms with Crippen molar-refractivity contribution in [1.29, 1.82) is 0 Å². The maximum absolute atomic E-state index is 4.66. The number of hydrogen-bond donors (Lipinski definition) is 1. The Morgan fingerprint density at radius 2 is 2.16 bits per heavy atom. The molecule has 0 aliphatic heterocycles. The van der Waals surface area contributed by atoms with Crippen molar-refractivity contribution in [2.24, 2.45) is 0 Å². The molecule has 2 nitrogen and oxygen atoms in total. The number of hydrogen-bond acceptors (Lipinski definition) is 3. The summed E-state index contributed by atoms with van der Waals surface area (Å²) in [5.74, 6) is 0. The molecule has 1 N–H and O–H groups in total. The van der Waals surface area contributed by atoms with Crippen LogP contribution in [0.4, 0.5) is 0 Å². The van der Waals surface area contributed by atoms with Crippen LogP contribution in [0.2, 0.25) is 0 Å². The van der Waals surface area contributed by atoms with Gasteiger partial charge in [-0.2, -0.15) is 0 Å². The summed E-state index contributed by atoms with van der Waals surface area (Å²) >= 11 is 4.18. The molecule has 1 aromatic carbocycles. The van der Waals surface area contributed by atoms with Gasteiger partial charge in [0.05, 0.1) is 10.7 Å². The molecule has 0 saturated carbocycles. The van der Waals surface area contributed by atoms with Crippen LogP contribution in [0.1, 0.15) is 34.1 Å². The first-order chi connectivity index (χ1) is 9.10. The molecule has 19 heavy (non-hydrogen) atoms. The van der Waals surface area contributed by atoms with E-state index < -0.39 is 0 Å². The zero-order chi connectivity index (χ0) is 13.8. The molecule has 2 rings (SSSR count). The Kier molecular flexibility index (Phi) is 5.36. The highest BCUT2D eigenvalue weighted by molar-refractivity contribution is 14.1. The number of halogens is 1. The predicted molar refractivity (Wildman–Crippen MR) is 90.9 cm³/mol. The van der Waals surface area contributed by atoms with Gasteiger partial charge in [-0.05, 0) is 60.7 Å². The molecule has 0 bridgehead atoms. The molecule has 0 fully saturated rings. The van der Waals surface area contributed by atoms with Crippen LogP contribution < -0.4 is 5.32 Å². The van der Waals surface area contributed by atoms with Crippen molar-refractivity contribution in [2.45, 2.75) is 33.2 Å². The average Bonchev–Trinajstić information content (AvgIpc) is 2.68. The van der Waals surface area contributed by atoms with Gasteiger partial charge in [0.25, 0.3) is 0 Å². The summed E-state index contributed by atoms with van der Waals surface area (Å²) in [7, 11) is 0. The molecule has 1 aromatic heterocycles. The van der Waals surface area contributed by atoms with E-state index in [1.807, 2.05) is 11.3 Å². The largest absolute Gasteiger partial charge is 0.310 e. The molecule has 2 aromatic rings. The molecular weight excluding hydrogens is 367 g/mol. The Bertz CT molecular complexity index is 531. The lowest BCUT2D eigenvalue weighted by atomic mass is 10.0. The fourth-order valence-corrected chi connectivity index (χ4v) is 3.63. The fraction of sp³-hybridized carbons (Fsp3) is 0.400. The highest BCUT2D eigenvalue weighted by atomic mass is 127. The van der Waals surface area contributed by atoms with Gasteiger partial charge in [0.1, 0.15) is 0 Å². The summed E-state index contributed by atoms with van der Waals surface area (Å²) in [6.07, 6.45) is 0.966. The van der Waals surface area contributed by atoms with Gasteiger partial charge in [0.15, 0.2) is 0 Å². The number of aromatic nitrogens is 1. The van der Waals surface area contributed by atoms with Gasteiger partial charge in [0, 0.05) is 20.9 Å². The molecule has 102 valence electrons. The van der Waals surface area contributed by atoms with Crippen molar-refractivity contribution >= 4 is 33.9 Å². The van der Waals surface area contributed by atoms with E-state index in [4.69, 9.17) is 0 Å². The van der Waals surface area contributed by atoms with Gasteiger partial charge in [-0.25, -0.2) is 4.98 Å². The molecule has 0 aliphatic rings. The number of benzene rings is 1. The summed E-state index contributed by atoms with van der Waals surface area (Å²) < 4.78 is 1.28. The fourth-order valence-electron chi connectivity index (χ4n) is 2.08. The molecule has 1 atom stereocenters. The second-order valence-electron chi connectivity index (χ2n) is 4.62. The molecule has 0 radical (unpaired) electrons. The standard InChI is InChI=1S/C15H19IN2S/c1-4-17-14(12-6-5-7-13(16)8-12)9-15-18-10(2)11(3)19-15/h5-8,14,17H,4,9H2,1-3H3. The lowest BCUT2D eigenvalue weighted by Gasteiger charge is -2.17. The van der Waals surface area contributed by atoms with Crippen molar-refractivity contribution in [3.63, 3.8) is 0 Å². The van der Waals surface area contributed by atoms with Gasteiger partial charge in [-0.1, -0.05) is 19.1 Å². The van der Waals surface area contributed by atoms with Crippen molar-refractivity contribution < 1.29 is 0 Å². The summed E-state index contributed by atoms with van der Waals surface area (Å²) in [6, 6.07) is 9.05. The lowest BCUT2D eigenvalue weighted by Crippen LogP contribution is -2.23. The number of aryl methyl sites for hydroxylation is 2. The smallest absolute Gasteiger partial charge is 0.0949 e. The van der Waals surface area contributed by atoms with Crippen LogP contribution in [0.15, 0.2) is 24.3 Å². The lowest BCUT2D eigenvalue weighted by molar-refractivity contribution is 0.548. The highest BCUT2D eigenvalue weighted by Gasteiger charge is 2.14. The molecule has 0 saturated heterocycles. The van der Waals surface area contributed by atoms with Crippen LogP contribution in [0, 0.1) is 17.4 Å². The van der Waals surface area contributed by atoms with Crippen LogP contribution >= 0.6 is 33.9 Å². The molecule has 4 heteroatoms. The van der Waals surface area contributed by atoms with E-state index in [0.29, 0.717) is 6.04 Å². The van der Waals surface area contributed by atoms with Crippen molar-refractivity contribution in [3.8, 4) is 0 Å². The highest BCUT2D eigenvalue weighted by Crippen LogP contribution is 2.24. The predicted octanol–water partition coefficient (Wildman–Crippen LogP) is 4.26. The number of nitrogens with one attached hydrogen (secondary N) is 1. The van der Waals surface area contributed by atoms with Crippen LogP contribution in [0.5, 0.6) is 0 Å². The molecule has 0 aliphatic carbocycles. The summed E-state index contributed by atoms with van der Waals surface area (Å²) in [4.78, 5) is 5.98. The summed E-state index contributed by atoms with van der Waals surface area (Å²) in [6.45, 7) is 7.35. The van der Waals surface area contributed by atoms with E-state index >= 15 is 0 Å². The first kappa shape index (κ1) is 14.9. The van der Waals surface area contributed by atoms with E-state index in [9.17, 15) is 0 Å². The third kappa shape index (κ3) is 4.00. The number of nitrogens with zero attached hydrogens (tertiary/aromatic N) is 1. The van der Waals surface area contributed by atoms with Crippen LogP contribution in [0.3, 0.4) is 0 Å². The molecular formula is C15H19IN2S. The Balaban J connectivity index is 2.20. The van der Waals surface area contributed by atoms with Gasteiger partial charge < -0.3 is 5.32 Å². The van der Waals surface area contributed by atoms with E-state index in [1.54, 1.807) is 0 Å². The zero-order valence-electron chi connectivity index (χ0n) is 11.5. The van der Waals surface area contributed by atoms with E-state index in [0.717, 1.165) is 18.7 Å². The minimum absolute atomic E-state index is 0.352. The first-order valence-electron chi connectivity index (χ1n) is 6.52. The maximum atomic E-state index is 4.66. The first-order valence-corrected chi connectivity index (χ1v) is 8.41. The van der Waals surface area contributed by atoms with Gasteiger partial charge in [-0.15, -0.1) is 11.3 Å². The van der Waals surface area contributed by atoms with Crippen molar-refractivity contribution in [1.82, 2.24) is 10.3 Å². The average molecular weight is 386 g/mol.